The maximum absolute atomic E-state index is 13.4. The molecule has 1 aromatic heterocycles. The zero-order valence-electron chi connectivity index (χ0n) is 47.1. The van der Waals surface area contributed by atoms with Crippen LogP contribution in [0.3, 0.4) is 0 Å². The molecule has 4 N–H and O–H groups in total. The van der Waals surface area contributed by atoms with Crippen molar-refractivity contribution in [3.05, 3.63) is 250 Å². The third-order valence-electron chi connectivity index (χ3n) is 11.6. The molecule has 414 valence electrons. The van der Waals surface area contributed by atoms with E-state index in [1.54, 1.807) is 36.7 Å². The van der Waals surface area contributed by atoms with Crippen molar-refractivity contribution in [2.24, 2.45) is 9.98 Å². The van der Waals surface area contributed by atoms with Crippen LogP contribution in [0.1, 0.15) is 84.1 Å². The van der Waals surface area contributed by atoms with E-state index in [1.165, 1.54) is 16.7 Å². The van der Waals surface area contributed by atoms with Gasteiger partial charge in [0.1, 0.15) is 19.8 Å². The predicted molar refractivity (Wildman–Crippen MR) is 326 cm³/mol. The fourth-order valence-electron chi connectivity index (χ4n) is 6.89. The number of aryl methyl sites for hydroxylation is 5. The number of hydrogen-bond donors (Lipinski definition) is 3. The number of nitrogen functional groups attached to an aromatic ring is 1. The second-order valence-electron chi connectivity index (χ2n) is 18.5. The first kappa shape index (κ1) is 64.7. The molecule has 8 rings (SSSR count). The van der Waals surface area contributed by atoms with Crippen LogP contribution in [0.15, 0.2) is 198 Å². The van der Waals surface area contributed by atoms with Crippen molar-refractivity contribution < 1.29 is 28.9 Å². The molecule has 7 aromatic carbocycles. The second-order valence-corrected chi connectivity index (χ2v) is 18.5. The topological polar surface area (TPSA) is 161 Å². The minimum atomic E-state index is -0.860. The molecule has 0 saturated heterocycles. The van der Waals surface area contributed by atoms with Crippen LogP contribution in [-0.4, -0.2) is 66.6 Å². The Morgan fingerprint density at radius 1 is 0.595 bits per heavy atom. The molecular formula is C66H77ClN6O6. The highest BCUT2D eigenvalue weighted by atomic mass is 35.5. The van der Waals surface area contributed by atoms with Crippen molar-refractivity contribution in [1.29, 1.82) is 0 Å². The van der Waals surface area contributed by atoms with Gasteiger partial charge in [-0.05, 0) is 175 Å². The van der Waals surface area contributed by atoms with Crippen LogP contribution in [0, 0.1) is 41.5 Å². The Labute approximate surface area is 474 Å². The van der Waals surface area contributed by atoms with Gasteiger partial charge in [-0.15, -0.1) is 12.4 Å². The van der Waals surface area contributed by atoms with E-state index in [4.69, 9.17) is 25.1 Å². The van der Waals surface area contributed by atoms with E-state index >= 15 is 0 Å². The number of carbonyl (C=O) groups excluding carboxylic acids is 1. The molecule has 0 saturated carbocycles. The first-order valence-corrected chi connectivity index (χ1v) is 25.9. The zero-order valence-corrected chi connectivity index (χ0v) is 47.9. The summed E-state index contributed by atoms with van der Waals surface area (Å²) in [6.07, 6.45) is 4.66. The molecule has 0 spiro atoms. The Kier molecular flexibility index (Phi) is 29.9. The van der Waals surface area contributed by atoms with E-state index < -0.39 is 5.97 Å². The minimum absolute atomic E-state index is 0. The van der Waals surface area contributed by atoms with E-state index in [2.05, 4.69) is 45.3 Å². The number of nitrogens with zero attached hydrogens (tertiary/aromatic N) is 4. The fraction of sp³-hybridized carbons (Fsp3) is 0.242. The molecule has 0 atom stereocenters. The largest absolute Gasteiger partial charge is 0.485 e. The quantitative estimate of drug-likeness (QED) is 0.0458. The highest BCUT2D eigenvalue weighted by molar-refractivity contribution is 6.05. The van der Waals surface area contributed by atoms with Crippen molar-refractivity contribution >= 4 is 41.7 Å². The molecule has 1 heterocycles. The maximum Gasteiger partial charge on any atom is 0.335 e. The summed E-state index contributed by atoms with van der Waals surface area (Å²) in [4.78, 5) is 37.8. The van der Waals surface area contributed by atoms with Crippen molar-refractivity contribution in [3.8, 4) is 17.2 Å². The summed E-state index contributed by atoms with van der Waals surface area (Å²) in [5.41, 5.74) is 17.6. The zero-order chi connectivity index (χ0) is 56.5. The summed E-state index contributed by atoms with van der Waals surface area (Å²) < 4.78 is 18.9. The smallest absolute Gasteiger partial charge is 0.335 e. The van der Waals surface area contributed by atoms with Crippen LogP contribution in [0.4, 0.5) is 11.4 Å². The van der Waals surface area contributed by atoms with E-state index in [0.717, 1.165) is 65.1 Å². The third kappa shape index (κ3) is 25.9. The van der Waals surface area contributed by atoms with Gasteiger partial charge in [0.05, 0.1) is 18.1 Å². The molecule has 13 heteroatoms. The van der Waals surface area contributed by atoms with Crippen molar-refractivity contribution in [2.75, 3.05) is 44.8 Å². The van der Waals surface area contributed by atoms with Crippen molar-refractivity contribution in [2.45, 2.75) is 74.7 Å². The number of benzene rings is 7. The number of hydrogen-bond acceptors (Lipinski definition) is 10. The van der Waals surface area contributed by atoms with Gasteiger partial charge in [-0.3, -0.25) is 9.78 Å². The average molecular weight is 1090 g/mol. The number of halogens is 1. The van der Waals surface area contributed by atoms with Gasteiger partial charge in [0, 0.05) is 35.9 Å². The van der Waals surface area contributed by atoms with Crippen LogP contribution in [0.2, 0.25) is 0 Å². The molecule has 0 fully saturated rings. The predicted octanol–water partition coefficient (Wildman–Crippen LogP) is 14.8. The summed E-state index contributed by atoms with van der Waals surface area (Å²) in [6, 6.07) is 58.5. The molecule has 0 radical (unpaired) electrons. The third-order valence-corrected chi connectivity index (χ3v) is 11.6. The van der Waals surface area contributed by atoms with Gasteiger partial charge >= 0.3 is 5.97 Å². The Bertz CT molecular complexity index is 2960. The van der Waals surface area contributed by atoms with Gasteiger partial charge in [0.25, 0.3) is 5.91 Å². The molecule has 1 amide bonds. The van der Waals surface area contributed by atoms with Crippen LogP contribution in [-0.2, 0) is 19.8 Å². The molecule has 79 heavy (non-hydrogen) atoms. The average Bonchev–Trinajstić information content (AvgIpc) is 3.46. The summed E-state index contributed by atoms with van der Waals surface area (Å²) in [5.74, 6) is 0.176. The van der Waals surface area contributed by atoms with Gasteiger partial charge in [-0.1, -0.05) is 126 Å². The number of ether oxygens (including phenoxy) is 3. The Morgan fingerprint density at radius 2 is 1.04 bits per heavy atom. The maximum atomic E-state index is 13.4. The number of aromatic nitrogens is 1. The molecule has 0 aliphatic carbocycles. The number of nitrogens with two attached hydrogens (primary N) is 1. The van der Waals surface area contributed by atoms with Crippen LogP contribution in [0.25, 0.3) is 0 Å². The SMILES string of the molecule is CCN=C=NCCCN(C)C.Cc1cc(C(=O)O)cc(C)c1C.Cc1ccc(N)cc1.Cc1ccc(NC(=O)c2cc(OCc3ccccc3)c(OCc3ccccc3)c(OCc3ccccc3)c2)cc1.Cc1ccncc1.Cl. The molecule has 0 bridgehead atoms. The number of rotatable bonds is 17. The van der Waals surface area contributed by atoms with Gasteiger partial charge in [-0.2, -0.15) is 0 Å². The van der Waals surface area contributed by atoms with Gasteiger partial charge in [0.2, 0.25) is 5.75 Å². The van der Waals surface area contributed by atoms with E-state index in [1.807, 2.05) is 200 Å². The summed E-state index contributed by atoms with van der Waals surface area (Å²) in [7, 11) is 4.12. The standard InChI is InChI=1S/C35H31NO4.C10H12O2.C8H17N3.C7H9N.C6H7N.ClH/c1-26-17-19-31(20-18-26)36-35(37)30-21-32(38-23-27-11-5-2-6-12-27)34(40-25-29-15-9-4-10-16-29)33(22-30)39-24-28-13-7-3-8-14-28;1-6-4-9(10(11)12)5-7(2)8(6)3;1-4-9-8-10-6-5-7-11(2)3;1-6-2-4-7(8)5-3-6;1-6-2-4-7-5-3-6;/h2-22H,23-25H2,1H3,(H,36,37);4-5H,1-3H3,(H,11,12);4-7H2,1-3H3;2-5H,8H2,1H3;2-5H,1H3;1H. The van der Waals surface area contributed by atoms with Crippen LogP contribution < -0.4 is 25.3 Å². The Morgan fingerprint density at radius 3 is 1.44 bits per heavy atom. The van der Waals surface area contributed by atoms with E-state index in [-0.39, 0.29) is 18.3 Å². The van der Waals surface area contributed by atoms with Crippen LogP contribution >= 0.6 is 12.4 Å². The van der Waals surface area contributed by atoms with Crippen LogP contribution in [0.5, 0.6) is 17.2 Å². The Hall–Kier alpha value is -8.54. The highest BCUT2D eigenvalue weighted by Crippen LogP contribution is 2.41. The highest BCUT2D eigenvalue weighted by Gasteiger charge is 2.20. The number of amides is 1. The number of aliphatic imine (C=N–C) groups is 2. The summed E-state index contributed by atoms with van der Waals surface area (Å²) >= 11 is 0. The molecule has 0 unspecified atom stereocenters. The lowest BCUT2D eigenvalue weighted by Crippen LogP contribution is -2.13. The van der Waals surface area contributed by atoms with Crippen molar-refractivity contribution in [3.63, 3.8) is 0 Å². The molecule has 0 aliphatic rings. The number of carbonyl (C=O) groups is 2. The number of carboxylic acids is 1. The molecule has 0 aliphatic heterocycles. The first-order valence-electron chi connectivity index (χ1n) is 25.9. The normalized spacial score (nSPS) is 9.85. The monoisotopic (exact) mass is 1080 g/mol. The first-order chi connectivity index (χ1) is 37.6. The summed E-state index contributed by atoms with van der Waals surface area (Å²) in [6.45, 7) is 17.5. The second kappa shape index (κ2) is 36.5. The lowest BCUT2D eigenvalue weighted by atomic mass is 10.0. The van der Waals surface area contributed by atoms with E-state index in [9.17, 15) is 9.59 Å². The van der Waals surface area contributed by atoms with Crippen molar-refractivity contribution in [1.82, 2.24) is 9.88 Å². The molecule has 12 nitrogen and oxygen atoms in total. The number of pyridine rings is 1. The fourth-order valence-corrected chi connectivity index (χ4v) is 6.89. The lowest BCUT2D eigenvalue weighted by Gasteiger charge is -2.19. The van der Waals surface area contributed by atoms with E-state index in [0.29, 0.717) is 53.9 Å². The Balaban J connectivity index is 0.000000337. The number of nitrogens with one attached hydrogen (secondary N) is 1. The summed E-state index contributed by atoms with van der Waals surface area (Å²) in [5, 5.41) is 11.7. The molecular weight excluding hydrogens is 1010 g/mol. The molecule has 8 aromatic rings. The van der Waals surface area contributed by atoms with Gasteiger partial charge in [0.15, 0.2) is 11.5 Å². The minimum Gasteiger partial charge on any atom is -0.485 e. The number of carboxylic acid groups (broad SMARTS) is 1. The number of aromatic carboxylic acids is 1. The van der Waals surface area contributed by atoms with Gasteiger partial charge < -0.3 is 35.3 Å². The number of anilines is 2. The lowest BCUT2D eigenvalue weighted by molar-refractivity contribution is 0.0696. The van der Waals surface area contributed by atoms with Gasteiger partial charge in [-0.25, -0.2) is 14.8 Å².